The van der Waals surface area contributed by atoms with Gasteiger partial charge in [0.2, 0.25) is 0 Å². The van der Waals surface area contributed by atoms with E-state index in [1.54, 1.807) is 12.1 Å². The highest BCUT2D eigenvalue weighted by atomic mass is 127. The smallest absolute Gasteiger partial charge is 0.189 e. The molecule has 1 atom stereocenters. The molecule has 10 heteroatoms. The quantitative estimate of drug-likeness (QED) is 0.353. The van der Waals surface area contributed by atoms with Crippen LogP contribution in [0.15, 0.2) is 23.2 Å². The summed E-state index contributed by atoms with van der Waals surface area (Å²) >= 11 is 12.1. The van der Waals surface area contributed by atoms with E-state index in [4.69, 9.17) is 28.9 Å². The number of hydrogen-bond acceptors (Lipinski definition) is 4. The van der Waals surface area contributed by atoms with Crippen LogP contribution in [0, 0.1) is 0 Å². The molecule has 3 N–H and O–H groups in total. The van der Waals surface area contributed by atoms with Crippen molar-refractivity contribution in [2.75, 3.05) is 37.7 Å². The SMILES string of the molecule is CC(NC(N)=NCCN1CCS(=O)(=O)CC1)c1ccc(Cl)cc1Cl.I. The van der Waals surface area contributed by atoms with E-state index in [0.29, 0.717) is 42.2 Å². The number of sulfone groups is 1. The highest BCUT2D eigenvalue weighted by molar-refractivity contribution is 14.0. The average molecular weight is 521 g/mol. The highest BCUT2D eigenvalue weighted by Crippen LogP contribution is 2.25. The van der Waals surface area contributed by atoms with Crippen molar-refractivity contribution in [1.29, 1.82) is 0 Å². The number of guanidine groups is 1. The van der Waals surface area contributed by atoms with Gasteiger partial charge >= 0.3 is 0 Å². The Labute approximate surface area is 176 Å². The van der Waals surface area contributed by atoms with E-state index in [0.717, 1.165) is 5.56 Å². The first-order chi connectivity index (χ1) is 11.3. The Morgan fingerprint density at radius 3 is 2.60 bits per heavy atom. The van der Waals surface area contributed by atoms with Crippen LogP contribution >= 0.6 is 47.2 Å². The van der Waals surface area contributed by atoms with Crippen LogP contribution in [-0.2, 0) is 9.84 Å². The number of nitrogens with two attached hydrogens (primary N) is 1. The first-order valence-corrected chi connectivity index (χ1v) is 10.3. The van der Waals surface area contributed by atoms with Crippen LogP contribution in [0.5, 0.6) is 0 Å². The minimum Gasteiger partial charge on any atom is -0.370 e. The van der Waals surface area contributed by atoms with Gasteiger partial charge < -0.3 is 11.1 Å². The summed E-state index contributed by atoms with van der Waals surface area (Å²) in [5.74, 6) is 0.769. The lowest BCUT2D eigenvalue weighted by molar-refractivity contribution is 0.304. The van der Waals surface area contributed by atoms with Crippen molar-refractivity contribution in [3.8, 4) is 0 Å². The number of nitrogens with one attached hydrogen (secondary N) is 1. The van der Waals surface area contributed by atoms with Crippen molar-refractivity contribution in [3.05, 3.63) is 33.8 Å². The van der Waals surface area contributed by atoms with Gasteiger partial charge in [0.15, 0.2) is 15.8 Å². The molecule has 1 aromatic rings. The van der Waals surface area contributed by atoms with Gasteiger partial charge in [0, 0.05) is 29.7 Å². The maximum absolute atomic E-state index is 11.4. The van der Waals surface area contributed by atoms with Gasteiger partial charge in [-0.1, -0.05) is 29.3 Å². The second-order valence-corrected chi connectivity index (χ2v) is 8.94. The third-order valence-corrected chi connectivity index (χ3v) is 6.10. The maximum atomic E-state index is 11.4. The summed E-state index contributed by atoms with van der Waals surface area (Å²) in [6, 6.07) is 5.22. The van der Waals surface area contributed by atoms with Crippen LogP contribution in [0.25, 0.3) is 0 Å². The highest BCUT2D eigenvalue weighted by Gasteiger charge is 2.20. The first-order valence-electron chi connectivity index (χ1n) is 7.71. The lowest BCUT2D eigenvalue weighted by Gasteiger charge is -2.25. The molecule has 0 spiro atoms. The summed E-state index contributed by atoms with van der Waals surface area (Å²) in [6.45, 7) is 4.25. The van der Waals surface area contributed by atoms with Gasteiger partial charge in [-0.25, -0.2) is 8.42 Å². The van der Waals surface area contributed by atoms with E-state index in [2.05, 4.69) is 15.2 Å². The Kier molecular flexibility index (Phi) is 9.24. The summed E-state index contributed by atoms with van der Waals surface area (Å²) < 4.78 is 22.8. The largest absolute Gasteiger partial charge is 0.370 e. The molecule has 2 rings (SSSR count). The van der Waals surface area contributed by atoms with Crippen molar-refractivity contribution in [2.24, 2.45) is 10.7 Å². The molecule has 1 aliphatic rings. The molecule has 6 nitrogen and oxygen atoms in total. The molecule has 1 aliphatic heterocycles. The standard InChI is InChI=1S/C15H22Cl2N4O2S.HI/c1-11(13-3-2-12(16)10-14(13)17)20-15(18)19-4-5-21-6-8-24(22,23)9-7-21;/h2-3,10-11H,4-9H2,1H3,(H3,18,19,20);1H. The second kappa shape index (κ2) is 10.1. The third-order valence-electron chi connectivity index (χ3n) is 3.93. The Hall–Kier alpha value is -0.290. The van der Waals surface area contributed by atoms with Crippen LogP contribution in [0.4, 0.5) is 0 Å². The monoisotopic (exact) mass is 520 g/mol. The fourth-order valence-electron chi connectivity index (χ4n) is 2.48. The molecule has 1 heterocycles. The van der Waals surface area contributed by atoms with Gasteiger partial charge in [-0.2, -0.15) is 0 Å². The summed E-state index contributed by atoms with van der Waals surface area (Å²) in [5, 5.41) is 4.25. The predicted molar refractivity (Wildman–Crippen MR) is 115 cm³/mol. The minimum absolute atomic E-state index is 0. The van der Waals surface area contributed by atoms with E-state index in [-0.39, 0.29) is 41.5 Å². The van der Waals surface area contributed by atoms with Crippen LogP contribution in [0.1, 0.15) is 18.5 Å². The van der Waals surface area contributed by atoms with E-state index in [1.807, 2.05) is 13.0 Å². The molecule has 25 heavy (non-hydrogen) atoms. The molecule has 0 amide bonds. The molecule has 1 saturated heterocycles. The number of hydrogen-bond donors (Lipinski definition) is 2. The van der Waals surface area contributed by atoms with Gasteiger partial charge in [0.05, 0.1) is 24.1 Å². The van der Waals surface area contributed by atoms with E-state index in [1.165, 1.54) is 0 Å². The molecular formula is C15H23Cl2IN4O2S. The third kappa shape index (κ3) is 7.46. The molecule has 0 radical (unpaired) electrons. The number of aliphatic imine (C=N–C) groups is 1. The van der Waals surface area contributed by atoms with E-state index >= 15 is 0 Å². The summed E-state index contributed by atoms with van der Waals surface area (Å²) in [4.78, 5) is 6.37. The Bertz CT molecular complexity index is 701. The molecule has 142 valence electrons. The van der Waals surface area contributed by atoms with Gasteiger partial charge in [-0.05, 0) is 24.6 Å². The Morgan fingerprint density at radius 1 is 1.36 bits per heavy atom. The first kappa shape index (κ1) is 22.8. The summed E-state index contributed by atoms with van der Waals surface area (Å²) in [7, 11) is -2.85. The molecule has 1 aromatic carbocycles. The molecule has 0 saturated carbocycles. The normalized spacial score (nSPS) is 19.1. The van der Waals surface area contributed by atoms with Crippen LogP contribution < -0.4 is 11.1 Å². The maximum Gasteiger partial charge on any atom is 0.189 e. The van der Waals surface area contributed by atoms with Crippen molar-refractivity contribution in [2.45, 2.75) is 13.0 Å². The van der Waals surface area contributed by atoms with Gasteiger partial charge in [0.25, 0.3) is 0 Å². The predicted octanol–water partition coefficient (Wildman–Crippen LogP) is 2.31. The average Bonchev–Trinajstić information content (AvgIpc) is 2.48. The zero-order valence-corrected chi connectivity index (χ0v) is 18.6. The Balaban J connectivity index is 0.00000312. The summed E-state index contributed by atoms with van der Waals surface area (Å²) in [5.41, 5.74) is 6.80. The fraction of sp³-hybridized carbons (Fsp3) is 0.533. The molecule has 1 fully saturated rings. The van der Waals surface area contributed by atoms with Crippen molar-refractivity contribution in [1.82, 2.24) is 10.2 Å². The van der Waals surface area contributed by atoms with E-state index in [9.17, 15) is 8.42 Å². The number of rotatable bonds is 5. The Morgan fingerprint density at radius 2 is 2.00 bits per heavy atom. The van der Waals surface area contributed by atoms with Crippen LogP contribution in [-0.4, -0.2) is 57.0 Å². The lowest BCUT2D eigenvalue weighted by Crippen LogP contribution is -2.41. The topological polar surface area (TPSA) is 87.8 Å². The van der Waals surface area contributed by atoms with Crippen LogP contribution in [0.2, 0.25) is 10.0 Å². The fourth-order valence-corrected chi connectivity index (χ4v) is 4.33. The van der Waals surface area contributed by atoms with Crippen molar-refractivity contribution >= 4 is 63.0 Å². The second-order valence-electron chi connectivity index (χ2n) is 5.79. The molecule has 0 bridgehead atoms. The number of nitrogens with zero attached hydrogens (tertiary/aromatic N) is 2. The number of halogens is 3. The molecule has 0 aliphatic carbocycles. The number of benzene rings is 1. The molecule has 1 unspecified atom stereocenters. The van der Waals surface area contributed by atoms with Gasteiger partial charge in [-0.3, -0.25) is 9.89 Å². The van der Waals surface area contributed by atoms with Gasteiger partial charge in [-0.15, -0.1) is 24.0 Å². The minimum atomic E-state index is -2.85. The zero-order valence-electron chi connectivity index (χ0n) is 13.9. The zero-order chi connectivity index (χ0) is 17.7. The van der Waals surface area contributed by atoms with Gasteiger partial charge in [0.1, 0.15) is 0 Å². The van der Waals surface area contributed by atoms with Crippen molar-refractivity contribution in [3.63, 3.8) is 0 Å². The molecule has 0 aromatic heterocycles. The molecular weight excluding hydrogens is 498 g/mol. The van der Waals surface area contributed by atoms with Crippen molar-refractivity contribution < 1.29 is 8.42 Å². The summed E-state index contributed by atoms with van der Waals surface area (Å²) in [6.07, 6.45) is 0. The lowest BCUT2D eigenvalue weighted by atomic mass is 10.1. The van der Waals surface area contributed by atoms with E-state index < -0.39 is 9.84 Å². The van der Waals surface area contributed by atoms with Crippen LogP contribution in [0.3, 0.4) is 0 Å².